The number of alkyl halides is 3. The van der Waals surface area contributed by atoms with Crippen molar-refractivity contribution in [3.05, 3.63) is 53.6 Å². The molecule has 1 aromatic heterocycles. The molecule has 140 valence electrons. The molecule has 1 fully saturated rings. The van der Waals surface area contributed by atoms with Crippen LogP contribution in [0.2, 0.25) is 0 Å². The highest BCUT2D eigenvalue weighted by Gasteiger charge is 2.33. The minimum absolute atomic E-state index is 0.233. The standard InChI is InChI=1S/C17H18F4N4O/c18-14-4-2-1-3-13(14)11-23-7-9-24(10-8-23)16(26)12-25-6-5-15(22-25)17(19,20)21/h1-6H,7-12H2. The molecule has 5 nitrogen and oxygen atoms in total. The lowest BCUT2D eigenvalue weighted by molar-refractivity contribution is -0.142. The van der Waals surface area contributed by atoms with Crippen LogP contribution < -0.4 is 0 Å². The lowest BCUT2D eigenvalue weighted by Gasteiger charge is -2.34. The Labute approximate surface area is 147 Å². The molecule has 9 heteroatoms. The number of benzene rings is 1. The maximum absolute atomic E-state index is 13.7. The second-order valence-electron chi connectivity index (χ2n) is 6.14. The molecule has 1 saturated heterocycles. The summed E-state index contributed by atoms with van der Waals surface area (Å²) in [6.45, 7) is 2.27. The molecule has 2 heterocycles. The van der Waals surface area contributed by atoms with Crippen LogP contribution in [0.3, 0.4) is 0 Å². The van der Waals surface area contributed by atoms with E-state index >= 15 is 0 Å². The van der Waals surface area contributed by atoms with Crippen molar-refractivity contribution in [3.63, 3.8) is 0 Å². The average Bonchev–Trinajstić information content (AvgIpc) is 3.06. The maximum atomic E-state index is 13.7. The monoisotopic (exact) mass is 370 g/mol. The molecule has 3 rings (SSSR count). The van der Waals surface area contributed by atoms with Crippen LogP contribution in [-0.4, -0.2) is 51.7 Å². The highest BCUT2D eigenvalue weighted by molar-refractivity contribution is 5.76. The van der Waals surface area contributed by atoms with Gasteiger partial charge >= 0.3 is 6.18 Å². The number of rotatable bonds is 4. The van der Waals surface area contributed by atoms with Gasteiger partial charge < -0.3 is 4.90 Å². The van der Waals surface area contributed by atoms with Crippen LogP contribution in [-0.2, 0) is 24.1 Å². The van der Waals surface area contributed by atoms with Gasteiger partial charge in [-0.25, -0.2) is 4.39 Å². The van der Waals surface area contributed by atoms with Gasteiger partial charge in [-0.2, -0.15) is 18.3 Å². The molecule has 0 unspecified atom stereocenters. The molecule has 0 saturated carbocycles. The third kappa shape index (κ3) is 4.40. The zero-order valence-corrected chi connectivity index (χ0v) is 13.9. The highest BCUT2D eigenvalue weighted by Crippen LogP contribution is 2.27. The van der Waals surface area contributed by atoms with E-state index in [0.29, 0.717) is 38.3 Å². The van der Waals surface area contributed by atoms with Crippen molar-refractivity contribution in [2.75, 3.05) is 26.2 Å². The summed E-state index contributed by atoms with van der Waals surface area (Å²) in [5.74, 6) is -0.544. The molecule has 1 amide bonds. The van der Waals surface area contributed by atoms with Crippen LogP contribution >= 0.6 is 0 Å². The third-order valence-electron chi connectivity index (χ3n) is 4.31. The fourth-order valence-corrected chi connectivity index (χ4v) is 2.86. The molecule has 1 aliphatic heterocycles. The van der Waals surface area contributed by atoms with Crippen molar-refractivity contribution in [1.82, 2.24) is 19.6 Å². The lowest BCUT2D eigenvalue weighted by atomic mass is 10.2. The first-order valence-corrected chi connectivity index (χ1v) is 8.17. The Bertz CT molecular complexity index is 766. The van der Waals surface area contributed by atoms with Gasteiger partial charge in [0.05, 0.1) is 0 Å². The largest absolute Gasteiger partial charge is 0.435 e. The average molecular weight is 370 g/mol. The van der Waals surface area contributed by atoms with Gasteiger partial charge in [0, 0.05) is 44.5 Å². The molecule has 0 spiro atoms. The molecule has 1 aliphatic rings. The van der Waals surface area contributed by atoms with Crippen molar-refractivity contribution in [3.8, 4) is 0 Å². The van der Waals surface area contributed by atoms with E-state index in [-0.39, 0.29) is 18.3 Å². The summed E-state index contributed by atoms with van der Waals surface area (Å²) < 4.78 is 52.3. The summed E-state index contributed by atoms with van der Waals surface area (Å²) in [5.41, 5.74) is -0.413. The number of piperazine rings is 1. The highest BCUT2D eigenvalue weighted by atomic mass is 19.4. The Morgan fingerprint density at radius 1 is 1.08 bits per heavy atom. The van der Waals surface area contributed by atoms with Gasteiger partial charge in [0.1, 0.15) is 12.4 Å². The minimum Gasteiger partial charge on any atom is -0.339 e. The number of hydrogen-bond donors (Lipinski definition) is 0. The first kappa shape index (κ1) is 18.4. The molecule has 0 aliphatic carbocycles. The zero-order valence-electron chi connectivity index (χ0n) is 13.9. The van der Waals surface area contributed by atoms with E-state index in [1.807, 2.05) is 4.90 Å². The summed E-state index contributed by atoms with van der Waals surface area (Å²) in [7, 11) is 0. The van der Waals surface area contributed by atoms with Crippen molar-refractivity contribution in [2.24, 2.45) is 0 Å². The molecule has 0 radical (unpaired) electrons. The maximum Gasteiger partial charge on any atom is 0.435 e. The molecule has 0 N–H and O–H groups in total. The van der Waals surface area contributed by atoms with Crippen LogP contribution in [0.4, 0.5) is 17.6 Å². The Kier molecular flexibility index (Phi) is 5.26. The molecular formula is C17H18F4N4O. The van der Waals surface area contributed by atoms with E-state index in [1.54, 1.807) is 23.1 Å². The molecule has 0 bridgehead atoms. The van der Waals surface area contributed by atoms with Crippen LogP contribution in [0.1, 0.15) is 11.3 Å². The van der Waals surface area contributed by atoms with E-state index in [1.165, 1.54) is 6.07 Å². The number of aromatic nitrogens is 2. The van der Waals surface area contributed by atoms with Gasteiger partial charge in [0.25, 0.3) is 0 Å². The number of carbonyl (C=O) groups is 1. The molecule has 0 atom stereocenters. The topological polar surface area (TPSA) is 41.4 Å². The Morgan fingerprint density at radius 2 is 1.77 bits per heavy atom. The predicted molar refractivity (Wildman–Crippen MR) is 85.5 cm³/mol. The normalized spacial score (nSPS) is 16.1. The van der Waals surface area contributed by atoms with Crippen molar-refractivity contribution in [2.45, 2.75) is 19.3 Å². The third-order valence-corrected chi connectivity index (χ3v) is 4.31. The summed E-state index contributed by atoms with van der Waals surface area (Å²) >= 11 is 0. The minimum atomic E-state index is -4.52. The van der Waals surface area contributed by atoms with Crippen LogP contribution in [0.25, 0.3) is 0 Å². The number of carbonyl (C=O) groups excluding carboxylic acids is 1. The van der Waals surface area contributed by atoms with E-state index < -0.39 is 11.9 Å². The first-order valence-electron chi connectivity index (χ1n) is 8.17. The van der Waals surface area contributed by atoms with Gasteiger partial charge in [0.2, 0.25) is 5.91 Å². The molecule has 1 aromatic carbocycles. The van der Waals surface area contributed by atoms with Crippen molar-refractivity contribution >= 4 is 5.91 Å². The van der Waals surface area contributed by atoms with E-state index in [4.69, 9.17) is 0 Å². The van der Waals surface area contributed by atoms with Crippen LogP contribution in [0.5, 0.6) is 0 Å². The number of hydrogen-bond acceptors (Lipinski definition) is 3. The summed E-state index contributed by atoms with van der Waals surface area (Å²) in [4.78, 5) is 15.9. The van der Waals surface area contributed by atoms with Gasteiger partial charge in [-0.15, -0.1) is 0 Å². The Morgan fingerprint density at radius 3 is 2.38 bits per heavy atom. The number of nitrogens with zero attached hydrogens (tertiary/aromatic N) is 4. The summed E-state index contributed by atoms with van der Waals surface area (Å²) in [6.07, 6.45) is -3.37. The molecular weight excluding hydrogens is 352 g/mol. The van der Waals surface area contributed by atoms with Crippen LogP contribution in [0, 0.1) is 5.82 Å². The lowest BCUT2D eigenvalue weighted by Crippen LogP contribution is -2.49. The van der Waals surface area contributed by atoms with Crippen molar-refractivity contribution < 1.29 is 22.4 Å². The molecule has 26 heavy (non-hydrogen) atoms. The Hall–Kier alpha value is -2.42. The SMILES string of the molecule is O=C(Cn1ccc(C(F)(F)F)n1)N1CCN(Cc2ccccc2F)CC1. The quantitative estimate of drug-likeness (QED) is 0.776. The van der Waals surface area contributed by atoms with Gasteiger partial charge in [0.15, 0.2) is 5.69 Å². The fraction of sp³-hybridized carbons (Fsp3) is 0.412. The number of halogens is 4. The van der Waals surface area contributed by atoms with Crippen LogP contribution in [0.15, 0.2) is 36.5 Å². The van der Waals surface area contributed by atoms with E-state index in [2.05, 4.69) is 5.10 Å². The predicted octanol–water partition coefficient (Wildman–Crippen LogP) is 2.39. The Balaban J connectivity index is 1.51. The summed E-state index contributed by atoms with van der Waals surface area (Å²) in [6, 6.07) is 7.39. The van der Waals surface area contributed by atoms with E-state index in [0.717, 1.165) is 16.9 Å². The first-order chi connectivity index (χ1) is 12.3. The smallest absolute Gasteiger partial charge is 0.339 e. The fourth-order valence-electron chi connectivity index (χ4n) is 2.86. The van der Waals surface area contributed by atoms with Crippen molar-refractivity contribution in [1.29, 1.82) is 0 Å². The van der Waals surface area contributed by atoms with Gasteiger partial charge in [-0.3, -0.25) is 14.4 Å². The van der Waals surface area contributed by atoms with Gasteiger partial charge in [-0.1, -0.05) is 18.2 Å². The van der Waals surface area contributed by atoms with Gasteiger partial charge in [-0.05, 0) is 12.1 Å². The zero-order chi connectivity index (χ0) is 18.7. The van der Waals surface area contributed by atoms with E-state index in [9.17, 15) is 22.4 Å². The second-order valence-corrected chi connectivity index (χ2v) is 6.14. The number of amides is 1. The second kappa shape index (κ2) is 7.45. The summed E-state index contributed by atoms with van der Waals surface area (Å²) in [5, 5.41) is 3.39. The molecule has 2 aromatic rings.